The van der Waals surface area contributed by atoms with Crippen LogP contribution in [0.4, 0.5) is 8.78 Å². The third-order valence-electron chi connectivity index (χ3n) is 3.81. The van der Waals surface area contributed by atoms with Crippen LogP contribution in [-0.2, 0) is 16.6 Å². The summed E-state index contributed by atoms with van der Waals surface area (Å²) >= 11 is 5.85. The number of halogens is 3. The summed E-state index contributed by atoms with van der Waals surface area (Å²) in [5.41, 5.74) is 0.782. The number of sulfonamides is 1. The van der Waals surface area contributed by atoms with E-state index in [1.54, 1.807) is 24.3 Å². The minimum atomic E-state index is -4.29. The molecule has 0 amide bonds. The standard InChI is InChI=1S/C18H14ClF2N3O3S/c19-13-3-1-12(2-4-13)16-7-8-18(25)24(23-16)10-9-22-28(26,27)17-11-14(20)5-6-15(17)21/h1-8,11,22H,9-10H2. The second-order valence-corrected chi connectivity index (χ2v) is 7.93. The Morgan fingerprint density at radius 2 is 1.75 bits per heavy atom. The van der Waals surface area contributed by atoms with Crippen molar-refractivity contribution in [2.45, 2.75) is 11.4 Å². The van der Waals surface area contributed by atoms with Crippen molar-refractivity contribution in [2.24, 2.45) is 0 Å². The number of nitrogens with zero attached hydrogens (tertiary/aromatic N) is 2. The second kappa shape index (κ2) is 8.17. The maximum Gasteiger partial charge on any atom is 0.266 e. The van der Waals surface area contributed by atoms with Crippen LogP contribution in [0.2, 0.25) is 5.02 Å². The van der Waals surface area contributed by atoms with E-state index in [0.29, 0.717) is 16.8 Å². The van der Waals surface area contributed by atoms with Gasteiger partial charge in [0.25, 0.3) is 5.56 Å². The predicted octanol–water partition coefficient (Wildman–Crippen LogP) is 2.82. The Balaban J connectivity index is 1.76. The highest BCUT2D eigenvalue weighted by Crippen LogP contribution is 2.18. The first-order chi connectivity index (χ1) is 13.3. The Bertz CT molecular complexity index is 1170. The number of hydrogen-bond donors (Lipinski definition) is 1. The fourth-order valence-electron chi connectivity index (χ4n) is 2.43. The molecule has 0 unspecified atom stereocenters. The van der Waals surface area contributed by atoms with Crippen molar-refractivity contribution in [1.82, 2.24) is 14.5 Å². The number of rotatable bonds is 6. The Morgan fingerprint density at radius 3 is 2.46 bits per heavy atom. The Morgan fingerprint density at radius 1 is 1.04 bits per heavy atom. The lowest BCUT2D eigenvalue weighted by Crippen LogP contribution is -2.32. The highest BCUT2D eigenvalue weighted by atomic mass is 35.5. The molecule has 0 aliphatic heterocycles. The molecule has 6 nitrogen and oxygen atoms in total. The van der Waals surface area contributed by atoms with Crippen LogP contribution in [0.5, 0.6) is 0 Å². The molecule has 0 aliphatic rings. The molecule has 28 heavy (non-hydrogen) atoms. The zero-order valence-corrected chi connectivity index (χ0v) is 15.8. The van der Waals surface area contributed by atoms with E-state index in [0.717, 1.165) is 22.4 Å². The van der Waals surface area contributed by atoms with Crippen molar-refractivity contribution in [3.05, 3.63) is 81.6 Å². The predicted molar refractivity (Wildman–Crippen MR) is 100 cm³/mol. The number of nitrogens with one attached hydrogen (secondary N) is 1. The van der Waals surface area contributed by atoms with Gasteiger partial charge in [0.05, 0.1) is 12.2 Å². The molecule has 1 N–H and O–H groups in total. The molecule has 0 fully saturated rings. The average molecular weight is 426 g/mol. The summed E-state index contributed by atoms with van der Waals surface area (Å²) in [5, 5.41) is 4.74. The molecule has 0 atom stereocenters. The molecule has 2 aromatic carbocycles. The van der Waals surface area contributed by atoms with E-state index in [9.17, 15) is 22.0 Å². The van der Waals surface area contributed by atoms with Crippen LogP contribution in [-0.4, -0.2) is 24.7 Å². The highest BCUT2D eigenvalue weighted by molar-refractivity contribution is 7.89. The van der Waals surface area contributed by atoms with E-state index in [4.69, 9.17) is 11.6 Å². The van der Waals surface area contributed by atoms with Crippen LogP contribution in [0.1, 0.15) is 0 Å². The first-order valence-electron chi connectivity index (χ1n) is 8.05. The van der Waals surface area contributed by atoms with Crippen molar-refractivity contribution >= 4 is 21.6 Å². The molecule has 0 spiro atoms. The third kappa shape index (κ3) is 4.61. The van der Waals surface area contributed by atoms with Gasteiger partial charge >= 0.3 is 0 Å². The fraction of sp³-hybridized carbons (Fsp3) is 0.111. The summed E-state index contributed by atoms with van der Waals surface area (Å²) in [6.45, 7) is -0.342. The van der Waals surface area contributed by atoms with Crippen LogP contribution in [0.15, 0.2) is 64.3 Å². The molecule has 1 aromatic heterocycles. The summed E-state index contributed by atoms with van der Waals surface area (Å²) in [4.78, 5) is 11.2. The third-order valence-corrected chi connectivity index (χ3v) is 5.53. The maximum atomic E-state index is 13.7. The lowest BCUT2D eigenvalue weighted by atomic mass is 10.1. The Labute approximate surface area is 164 Å². The number of benzene rings is 2. The van der Waals surface area contributed by atoms with Crippen LogP contribution in [0.3, 0.4) is 0 Å². The van der Waals surface area contributed by atoms with Gasteiger partial charge in [-0.05, 0) is 36.4 Å². The molecule has 3 aromatic rings. The van der Waals surface area contributed by atoms with E-state index in [-0.39, 0.29) is 13.1 Å². The van der Waals surface area contributed by atoms with E-state index in [1.807, 2.05) is 0 Å². The molecule has 0 bridgehead atoms. The summed E-state index contributed by atoms with van der Waals surface area (Å²) in [7, 11) is -4.29. The maximum absolute atomic E-state index is 13.7. The van der Waals surface area contributed by atoms with Crippen LogP contribution in [0, 0.1) is 11.6 Å². The summed E-state index contributed by atoms with van der Waals surface area (Å²) in [6.07, 6.45) is 0. The van der Waals surface area contributed by atoms with Gasteiger partial charge in [-0.15, -0.1) is 0 Å². The highest BCUT2D eigenvalue weighted by Gasteiger charge is 2.19. The van der Waals surface area contributed by atoms with Crippen LogP contribution < -0.4 is 10.3 Å². The normalized spacial score (nSPS) is 11.5. The van der Waals surface area contributed by atoms with E-state index < -0.39 is 32.1 Å². The van der Waals surface area contributed by atoms with Crippen molar-refractivity contribution < 1.29 is 17.2 Å². The largest absolute Gasteiger partial charge is 0.268 e. The summed E-state index contributed by atoms with van der Waals surface area (Å²) in [5.74, 6) is -1.95. The topological polar surface area (TPSA) is 81.1 Å². The van der Waals surface area contributed by atoms with E-state index >= 15 is 0 Å². The minimum Gasteiger partial charge on any atom is -0.268 e. The summed E-state index contributed by atoms with van der Waals surface area (Å²) < 4.78 is 54.4. The molecule has 10 heteroatoms. The lowest BCUT2D eigenvalue weighted by Gasteiger charge is -2.10. The monoisotopic (exact) mass is 425 g/mol. The zero-order valence-electron chi connectivity index (χ0n) is 14.3. The Kier molecular flexibility index (Phi) is 5.87. The van der Waals surface area contributed by atoms with Gasteiger partial charge in [-0.25, -0.2) is 26.6 Å². The van der Waals surface area contributed by atoms with Gasteiger partial charge in [0.2, 0.25) is 10.0 Å². The molecule has 0 aliphatic carbocycles. The molecule has 3 rings (SSSR count). The quantitative estimate of drug-likeness (QED) is 0.658. The molecule has 0 saturated carbocycles. The Hall–Kier alpha value is -2.62. The van der Waals surface area contributed by atoms with Gasteiger partial charge in [0, 0.05) is 23.2 Å². The van der Waals surface area contributed by atoms with Crippen molar-refractivity contribution in [1.29, 1.82) is 0 Å². The minimum absolute atomic E-state index is 0.101. The molecule has 0 radical (unpaired) electrons. The van der Waals surface area contributed by atoms with Crippen molar-refractivity contribution in [3.63, 3.8) is 0 Å². The van der Waals surface area contributed by atoms with Gasteiger partial charge < -0.3 is 0 Å². The zero-order chi connectivity index (χ0) is 20.3. The molecule has 0 saturated heterocycles. The van der Waals surface area contributed by atoms with Crippen molar-refractivity contribution in [2.75, 3.05) is 6.54 Å². The number of aromatic nitrogens is 2. The first-order valence-corrected chi connectivity index (χ1v) is 9.91. The van der Waals surface area contributed by atoms with Crippen molar-refractivity contribution in [3.8, 4) is 11.3 Å². The molecule has 1 heterocycles. The smallest absolute Gasteiger partial charge is 0.266 e. The SMILES string of the molecule is O=c1ccc(-c2ccc(Cl)cc2)nn1CCNS(=O)(=O)c1cc(F)ccc1F. The second-order valence-electron chi connectivity index (χ2n) is 5.76. The van der Waals surface area contributed by atoms with E-state index in [2.05, 4.69) is 9.82 Å². The first kappa shape index (κ1) is 20.1. The van der Waals surface area contributed by atoms with Crippen LogP contribution in [0.25, 0.3) is 11.3 Å². The average Bonchev–Trinajstić information content (AvgIpc) is 2.66. The number of hydrogen-bond acceptors (Lipinski definition) is 4. The van der Waals surface area contributed by atoms with E-state index in [1.165, 1.54) is 12.1 Å². The van der Waals surface area contributed by atoms with Gasteiger partial charge in [-0.3, -0.25) is 4.79 Å². The van der Waals surface area contributed by atoms with Gasteiger partial charge in [0.1, 0.15) is 16.5 Å². The van der Waals surface area contributed by atoms with Gasteiger partial charge in [-0.1, -0.05) is 23.7 Å². The van der Waals surface area contributed by atoms with Gasteiger partial charge in [-0.2, -0.15) is 5.10 Å². The summed E-state index contributed by atoms with van der Waals surface area (Å²) in [6, 6.07) is 11.8. The molecular formula is C18H14ClF2N3O3S. The fourth-order valence-corrected chi connectivity index (χ4v) is 3.66. The van der Waals surface area contributed by atoms with Crippen LogP contribution >= 0.6 is 11.6 Å². The molecule has 146 valence electrons. The molecular weight excluding hydrogens is 412 g/mol. The lowest BCUT2D eigenvalue weighted by molar-refractivity contribution is 0.532. The van der Waals surface area contributed by atoms with Gasteiger partial charge in [0.15, 0.2) is 0 Å².